The van der Waals surface area contributed by atoms with Crippen molar-refractivity contribution in [1.82, 2.24) is 10.2 Å². The van der Waals surface area contributed by atoms with Gasteiger partial charge in [-0.05, 0) is 31.8 Å². The Hall–Kier alpha value is -1.20. The summed E-state index contributed by atoms with van der Waals surface area (Å²) < 4.78 is 29.7. The molecule has 0 aliphatic heterocycles. The van der Waals surface area contributed by atoms with Crippen LogP contribution in [0.4, 0.5) is 8.78 Å². The predicted octanol–water partition coefficient (Wildman–Crippen LogP) is 1.98. The molecule has 0 radical (unpaired) electrons. The third-order valence-electron chi connectivity index (χ3n) is 2.47. The molecule has 0 aromatic heterocycles. The van der Waals surface area contributed by atoms with E-state index in [9.17, 15) is 8.78 Å². The summed E-state index contributed by atoms with van der Waals surface area (Å²) in [5, 5.41) is 3.06. The third-order valence-corrected chi connectivity index (χ3v) is 2.47. The summed E-state index contributed by atoms with van der Waals surface area (Å²) in [5.74, 6) is 0.771. The van der Waals surface area contributed by atoms with Gasteiger partial charge >= 0.3 is 0 Å². The number of hydrogen-bond donors (Lipinski definition) is 1. The molecule has 0 atom stereocenters. The lowest BCUT2D eigenvalue weighted by atomic mass is 10.2. The number of nitrogens with one attached hydrogen (secondary N) is 1. The van der Waals surface area contributed by atoms with Gasteiger partial charge in [-0.2, -0.15) is 0 Å². The number of ether oxygens (including phenoxy) is 1. The first-order valence-corrected chi connectivity index (χ1v) is 5.95. The zero-order valence-electron chi connectivity index (χ0n) is 10.8. The van der Waals surface area contributed by atoms with Crippen LogP contribution in [-0.2, 0) is 6.54 Å². The molecule has 1 N–H and O–H groups in total. The van der Waals surface area contributed by atoms with Gasteiger partial charge in [-0.3, -0.25) is 4.90 Å². The first-order valence-electron chi connectivity index (χ1n) is 5.95. The van der Waals surface area contributed by atoms with Gasteiger partial charge in [0.1, 0.15) is 12.4 Å². The Morgan fingerprint density at radius 3 is 2.83 bits per heavy atom. The lowest BCUT2D eigenvalue weighted by Gasteiger charge is -2.16. The molecule has 0 spiro atoms. The van der Waals surface area contributed by atoms with Crippen molar-refractivity contribution in [2.45, 2.75) is 13.0 Å². The van der Waals surface area contributed by atoms with E-state index < -0.39 is 6.43 Å². The zero-order chi connectivity index (χ0) is 13.4. The van der Waals surface area contributed by atoms with Crippen LogP contribution in [0, 0.1) is 0 Å². The van der Waals surface area contributed by atoms with Crippen molar-refractivity contribution in [3.8, 4) is 5.75 Å². The Bertz CT molecular complexity index is 348. The van der Waals surface area contributed by atoms with Gasteiger partial charge < -0.3 is 10.1 Å². The number of hydrogen-bond acceptors (Lipinski definition) is 3. The molecular formula is C13H20F2N2O. The van der Waals surface area contributed by atoms with Crippen molar-refractivity contribution in [3.05, 3.63) is 29.8 Å². The van der Waals surface area contributed by atoms with Crippen molar-refractivity contribution in [2.75, 3.05) is 33.8 Å². The van der Waals surface area contributed by atoms with Crippen LogP contribution >= 0.6 is 0 Å². The van der Waals surface area contributed by atoms with E-state index in [4.69, 9.17) is 4.74 Å². The SMILES string of the molecule is CNCc1cccc(OCCN(C)CC(F)F)c1. The van der Waals surface area contributed by atoms with E-state index in [2.05, 4.69) is 5.32 Å². The highest BCUT2D eigenvalue weighted by molar-refractivity contribution is 5.28. The van der Waals surface area contributed by atoms with Crippen LogP contribution < -0.4 is 10.1 Å². The Morgan fingerprint density at radius 2 is 2.17 bits per heavy atom. The largest absolute Gasteiger partial charge is 0.492 e. The third kappa shape index (κ3) is 5.93. The molecule has 0 heterocycles. The summed E-state index contributed by atoms with van der Waals surface area (Å²) >= 11 is 0. The number of rotatable bonds is 8. The van der Waals surface area contributed by atoms with Crippen LogP contribution in [0.15, 0.2) is 24.3 Å². The van der Waals surface area contributed by atoms with Gasteiger partial charge in [-0.25, -0.2) is 8.78 Å². The molecule has 1 aromatic rings. The Morgan fingerprint density at radius 1 is 1.39 bits per heavy atom. The number of benzene rings is 1. The van der Waals surface area contributed by atoms with Crippen LogP contribution in [0.1, 0.15) is 5.56 Å². The summed E-state index contributed by atoms with van der Waals surface area (Å²) in [4.78, 5) is 1.56. The fraction of sp³-hybridized carbons (Fsp3) is 0.538. The monoisotopic (exact) mass is 258 g/mol. The maximum atomic E-state index is 12.1. The average Bonchev–Trinajstić information content (AvgIpc) is 2.29. The maximum Gasteiger partial charge on any atom is 0.251 e. The van der Waals surface area contributed by atoms with Crippen LogP contribution in [0.25, 0.3) is 0 Å². The molecule has 0 saturated heterocycles. The minimum absolute atomic E-state index is 0.219. The second-order valence-electron chi connectivity index (χ2n) is 4.18. The van der Waals surface area contributed by atoms with Crippen molar-refractivity contribution >= 4 is 0 Å². The van der Waals surface area contributed by atoms with Gasteiger partial charge in [-0.1, -0.05) is 12.1 Å². The standard InChI is InChI=1S/C13H20F2N2O/c1-16-9-11-4-3-5-12(8-11)18-7-6-17(2)10-13(14)15/h3-5,8,13,16H,6-7,9-10H2,1-2H3. The minimum atomic E-state index is -2.30. The highest BCUT2D eigenvalue weighted by atomic mass is 19.3. The molecule has 0 bridgehead atoms. The van der Waals surface area contributed by atoms with Gasteiger partial charge in [0.25, 0.3) is 6.43 Å². The first kappa shape index (κ1) is 14.9. The fourth-order valence-corrected chi connectivity index (χ4v) is 1.60. The van der Waals surface area contributed by atoms with E-state index in [1.807, 2.05) is 31.3 Å². The van der Waals surface area contributed by atoms with E-state index in [0.717, 1.165) is 17.9 Å². The molecule has 5 heteroatoms. The molecule has 3 nitrogen and oxygen atoms in total. The van der Waals surface area contributed by atoms with Crippen LogP contribution in [0.5, 0.6) is 5.75 Å². The summed E-state index contributed by atoms with van der Waals surface area (Å²) in [6.45, 7) is 1.46. The van der Waals surface area contributed by atoms with E-state index in [1.165, 1.54) is 0 Å². The summed E-state index contributed by atoms with van der Waals surface area (Å²) in [7, 11) is 3.54. The van der Waals surface area contributed by atoms with Crippen LogP contribution in [0.2, 0.25) is 0 Å². The maximum absolute atomic E-state index is 12.1. The molecule has 0 aliphatic carbocycles. The van der Waals surface area contributed by atoms with Gasteiger partial charge in [0, 0.05) is 13.1 Å². The fourth-order valence-electron chi connectivity index (χ4n) is 1.60. The second kappa shape index (κ2) is 8.00. The van der Waals surface area contributed by atoms with Gasteiger partial charge in [0.05, 0.1) is 6.54 Å². The van der Waals surface area contributed by atoms with Gasteiger partial charge in [-0.15, -0.1) is 0 Å². The summed E-state index contributed by atoms with van der Waals surface area (Å²) in [6, 6.07) is 7.74. The molecular weight excluding hydrogens is 238 g/mol. The van der Waals surface area contributed by atoms with Gasteiger partial charge in [0.15, 0.2) is 0 Å². The smallest absolute Gasteiger partial charge is 0.251 e. The van der Waals surface area contributed by atoms with Gasteiger partial charge in [0.2, 0.25) is 0 Å². The topological polar surface area (TPSA) is 24.5 Å². The van der Waals surface area contributed by atoms with Crippen molar-refractivity contribution in [2.24, 2.45) is 0 Å². The number of likely N-dealkylation sites (N-methyl/N-ethyl adjacent to an activating group) is 1. The lowest BCUT2D eigenvalue weighted by molar-refractivity contribution is 0.0935. The van der Waals surface area contributed by atoms with Crippen molar-refractivity contribution in [3.63, 3.8) is 0 Å². The quantitative estimate of drug-likeness (QED) is 0.771. The van der Waals surface area contributed by atoms with Crippen molar-refractivity contribution < 1.29 is 13.5 Å². The van der Waals surface area contributed by atoms with Crippen LogP contribution in [-0.4, -0.2) is 45.1 Å². The molecule has 0 saturated carbocycles. The molecule has 102 valence electrons. The molecule has 1 aromatic carbocycles. The zero-order valence-corrected chi connectivity index (χ0v) is 10.8. The molecule has 0 amide bonds. The Labute approximate surface area is 107 Å². The van der Waals surface area contributed by atoms with E-state index in [-0.39, 0.29) is 6.54 Å². The summed E-state index contributed by atoms with van der Waals surface area (Å²) in [5.41, 5.74) is 1.14. The Balaban J connectivity index is 2.32. The minimum Gasteiger partial charge on any atom is -0.492 e. The van der Waals surface area contributed by atoms with E-state index >= 15 is 0 Å². The normalized spacial score (nSPS) is 11.2. The Kier molecular flexibility index (Phi) is 6.60. The molecule has 1 rings (SSSR count). The number of alkyl halides is 2. The predicted molar refractivity (Wildman–Crippen MR) is 68.2 cm³/mol. The highest BCUT2D eigenvalue weighted by Gasteiger charge is 2.07. The number of halogens is 2. The second-order valence-corrected chi connectivity index (χ2v) is 4.18. The van der Waals surface area contributed by atoms with Crippen molar-refractivity contribution in [1.29, 1.82) is 0 Å². The molecule has 0 fully saturated rings. The van der Waals surface area contributed by atoms with E-state index in [0.29, 0.717) is 13.2 Å². The average molecular weight is 258 g/mol. The lowest BCUT2D eigenvalue weighted by Crippen LogP contribution is -2.28. The molecule has 0 aliphatic rings. The number of nitrogens with zero attached hydrogens (tertiary/aromatic N) is 1. The van der Waals surface area contributed by atoms with Crippen LogP contribution in [0.3, 0.4) is 0 Å². The van der Waals surface area contributed by atoms with E-state index in [1.54, 1.807) is 11.9 Å². The first-order chi connectivity index (χ1) is 8.61. The molecule has 18 heavy (non-hydrogen) atoms. The summed E-state index contributed by atoms with van der Waals surface area (Å²) in [6.07, 6.45) is -2.30. The molecule has 0 unspecified atom stereocenters. The highest BCUT2D eigenvalue weighted by Crippen LogP contribution is 2.13.